The monoisotopic (exact) mass is 261 g/mol. The van der Waals surface area contributed by atoms with Crippen molar-refractivity contribution in [1.29, 1.82) is 5.26 Å². The van der Waals surface area contributed by atoms with Crippen LogP contribution >= 0.6 is 0 Å². The van der Waals surface area contributed by atoms with E-state index in [0.29, 0.717) is 26.1 Å². The minimum absolute atomic E-state index is 0.244. The summed E-state index contributed by atoms with van der Waals surface area (Å²) in [5, 5.41) is 13.6. The van der Waals surface area contributed by atoms with Gasteiger partial charge in [-0.2, -0.15) is 5.26 Å². The number of amides is 2. The molecule has 102 valence electrons. The Morgan fingerprint density at radius 3 is 2.79 bits per heavy atom. The molecule has 1 aromatic rings. The molecule has 0 heterocycles. The van der Waals surface area contributed by atoms with Gasteiger partial charge in [-0.3, -0.25) is 0 Å². The predicted octanol–water partition coefficient (Wildman–Crippen LogP) is 1.98. The quantitative estimate of drug-likeness (QED) is 0.737. The molecule has 19 heavy (non-hydrogen) atoms. The zero-order chi connectivity index (χ0) is 13.9. The van der Waals surface area contributed by atoms with Crippen LogP contribution in [0.3, 0.4) is 0 Å². The lowest BCUT2D eigenvalue weighted by Crippen LogP contribution is -2.36. The molecule has 0 bridgehead atoms. The summed E-state index contributed by atoms with van der Waals surface area (Å²) in [5.41, 5.74) is 1.10. The molecule has 0 saturated heterocycles. The summed E-state index contributed by atoms with van der Waals surface area (Å²) in [4.78, 5) is 11.2. The molecule has 0 radical (unpaired) electrons. The molecule has 2 amide bonds. The van der Waals surface area contributed by atoms with Crippen LogP contribution in [-0.4, -0.2) is 25.7 Å². The lowest BCUT2D eigenvalue weighted by Gasteiger charge is -2.09. The highest BCUT2D eigenvalue weighted by molar-refractivity contribution is 5.73. The number of para-hydroxylation sites is 1. The number of urea groups is 1. The van der Waals surface area contributed by atoms with Gasteiger partial charge in [-0.25, -0.2) is 4.79 Å². The third-order valence-corrected chi connectivity index (χ3v) is 2.48. The zero-order valence-electron chi connectivity index (χ0n) is 11.1. The van der Waals surface area contributed by atoms with Gasteiger partial charge >= 0.3 is 6.03 Å². The van der Waals surface area contributed by atoms with Gasteiger partial charge in [0.05, 0.1) is 19.1 Å². The molecular weight excluding hydrogens is 242 g/mol. The highest BCUT2D eigenvalue weighted by Gasteiger charge is 1.99. The number of carbonyl (C=O) groups excluding carboxylic acids is 1. The van der Waals surface area contributed by atoms with E-state index in [2.05, 4.69) is 10.6 Å². The van der Waals surface area contributed by atoms with E-state index in [-0.39, 0.29) is 6.03 Å². The van der Waals surface area contributed by atoms with Crippen molar-refractivity contribution >= 4 is 6.03 Å². The van der Waals surface area contributed by atoms with Crippen molar-refractivity contribution in [3.8, 4) is 11.8 Å². The summed E-state index contributed by atoms with van der Waals surface area (Å²) >= 11 is 0. The smallest absolute Gasteiger partial charge is 0.314 e. The van der Waals surface area contributed by atoms with Gasteiger partial charge < -0.3 is 15.4 Å². The van der Waals surface area contributed by atoms with E-state index < -0.39 is 0 Å². The van der Waals surface area contributed by atoms with Crippen LogP contribution in [0.1, 0.15) is 18.4 Å². The fraction of sp³-hybridized carbons (Fsp3) is 0.429. The number of carbonyl (C=O) groups is 1. The number of hydrogen-bond donors (Lipinski definition) is 2. The third-order valence-electron chi connectivity index (χ3n) is 2.48. The summed E-state index contributed by atoms with van der Waals surface area (Å²) in [6, 6.07) is 9.54. The van der Waals surface area contributed by atoms with E-state index in [1.54, 1.807) is 0 Å². The Morgan fingerprint density at radius 2 is 2.05 bits per heavy atom. The van der Waals surface area contributed by atoms with Gasteiger partial charge in [0.25, 0.3) is 0 Å². The SMILES string of the molecule is Cc1ccccc1OCCCNC(=O)NCCC#N. The molecule has 2 N–H and O–H groups in total. The molecule has 0 unspecified atom stereocenters. The largest absolute Gasteiger partial charge is 0.493 e. The molecule has 0 aromatic heterocycles. The van der Waals surface area contributed by atoms with Gasteiger partial charge in [0.2, 0.25) is 0 Å². The Kier molecular flexibility index (Phi) is 6.88. The number of ether oxygens (including phenoxy) is 1. The fourth-order valence-corrected chi connectivity index (χ4v) is 1.47. The number of benzene rings is 1. The Labute approximate surface area is 113 Å². The van der Waals surface area contributed by atoms with Crippen LogP contribution in [0.15, 0.2) is 24.3 Å². The number of aryl methyl sites for hydroxylation is 1. The van der Waals surface area contributed by atoms with Gasteiger partial charge in [0, 0.05) is 13.1 Å². The van der Waals surface area contributed by atoms with Gasteiger partial charge in [0.15, 0.2) is 0 Å². The van der Waals surface area contributed by atoms with Crippen molar-refractivity contribution in [3.63, 3.8) is 0 Å². The standard InChI is InChI=1S/C14H19N3O2/c1-12-6-2-3-7-13(12)19-11-5-10-17-14(18)16-9-4-8-15/h2-3,6-7H,4-5,9-11H2,1H3,(H2,16,17,18). The van der Waals surface area contributed by atoms with Crippen LogP contribution in [0.4, 0.5) is 4.79 Å². The summed E-state index contributed by atoms with van der Waals surface area (Å²) in [7, 11) is 0. The Hall–Kier alpha value is -2.22. The average molecular weight is 261 g/mol. The first-order valence-corrected chi connectivity index (χ1v) is 6.31. The van der Waals surface area contributed by atoms with E-state index in [1.807, 2.05) is 37.3 Å². The van der Waals surface area contributed by atoms with Crippen LogP contribution in [0.2, 0.25) is 0 Å². The summed E-state index contributed by atoms with van der Waals surface area (Å²) in [6.07, 6.45) is 1.06. The minimum Gasteiger partial charge on any atom is -0.493 e. The second-order valence-electron chi connectivity index (χ2n) is 4.06. The van der Waals surface area contributed by atoms with E-state index in [9.17, 15) is 4.79 Å². The zero-order valence-corrected chi connectivity index (χ0v) is 11.1. The predicted molar refractivity (Wildman–Crippen MR) is 72.9 cm³/mol. The number of rotatable bonds is 7. The van der Waals surface area contributed by atoms with E-state index in [4.69, 9.17) is 10.00 Å². The Morgan fingerprint density at radius 1 is 1.32 bits per heavy atom. The molecule has 0 atom stereocenters. The number of nitrogens with zero attached hydrogens (tertiary/aromatic N) is 1. The molecule has 5 heteroatoms. The van der Waals surface area contributed by atoms with Crippen LogP contribution in [0.25, 0.3) is 0 Å². The van der Waals surface area contributed by atoms with Crippen molar-refractivity contribution in [2.24, 2.45) is 0 Å². The topological polar surface area (TPSA) is 74.2 Å². The third kappa shape index (κ3) is 6.32. The number of nitrogens with one attached hydrogen (secondary N) is 2. The van der Waals surface area contributed by atoms with Gasteiger partial charge in [-0.1, -0.05) is 18.2 Å². The maximum atomic E-state index is 11.2. The lowest BCUT2D eigenvalue weighted by molar-refractivity contribution is 0.239. The molecule has 0 aliphatic rings. The average Bonchev–Trinajstić information content (AvgIpc) is 2.41. The molecule has 5 nitrogen and oxygen atoms in total. The highest BCUT2D eigenvalue weighted by Crippen LogP contribution is 2.15. The summed E-state index contributed by atoms with van der Waals surface area (Å²) < 4.78 is 5.60. The molecule has 1 rings (SSSR count). The highest BCUT2D eigenvalue weighted by atomic mass is 16.5. The van der Waals surface area contributed by atoms with Crippen LogP contribution in [-0.2, 0) is 0 Å². The maximum Gasteiger partial charge on any atom is 0.314 e. The molecule has 0 spiro atoms. The van der Waals surface area contributed by atoms with Crippen molar-refractivity contribution in [2.75, 3.05) is 19.7 Å². The van der Waals surface area contributed by atoms with Crippen LogP contribution in [0.5, 0.6) is 5.75 Å². The van der Waals surface area contributed by atoms with Crippen LogP contribution in [0, 0.1) is 18.3 Å². The van der Waals surface area contributed by atoms with Gasteiger partial charge in [0.1, 0.15) is 5.75 Å². The van der Waals surface area contributed by atoms with E-state index in [0.717, 1.165) is 17.7 Å². The number of nitriles is 1. The van der Waals surface area contributed by atoms with E-state index >= 15 is 0 Å². The van der Waals surface area contributed by atoms with Crippen molar-refractivity contribution < 1.29 is 9.53 Å². The van der Waals surface area contributed by atoms with Crippen molar-refractivity contribution in [3.05, 3.63) is 29.8 Å². The molecule has 1 aromatic carbocycles. The molecule has 0 fully saturated rings. The first-order valence-electron chi connectivity index (χ1n) is 6.31. The molecule has 0 saturated carbocycles. The van der Waals surface area contributed by atoms with Crippen molar-refractivity contribution in [2.45, 2.75) is 19.8 Å². The second kappa shape index (κ2) is 8.81. The van der Waals surface area contributed by atoms with Crippen molar-refractivity contribution in [1.82, 2.24) is 10.6 Å². The van der Waals surface area contributed by atoms with Gasteiger partial charge in [-0.15, -0.1) is 0 Å². The Bertz CT molecular complexity index is 441. The Balaban J connectivity index is 2.07. The molecule has 0 aliphatic heterocycles. The fourth-order valence-electron chi connectivity index (χ4n) is 1.47. The molecule has 0 aliphatic carbocycles. The minimum atomic E-state index is -0.244. The number of hydrogen-bond acceptors (Lipinski definition) is 3. The molecular formula is C14H19N3O2. The second-order valence-corrected chi connectivity index (χ2v) is 4.06. The maximum absolute atomic E-state index is 11.2. The summed E-state index contributed by atoms with van der Waals surface area (Å²) in [5.74, 6) is 0.876. The van der Waals surface area contributed by atoms with Crippen LogP contribution < -0.4 is 15.4 Å². The normalized spacial score (nSPS) is 9.47. The first-order chi connectivity index (χ1) is 9.24. The lowest BCUT2D eigenvalue weighted by atomic mass is 10.2. The first kappa shape index (κ1) is 14.8. The van der Waals surface area contributed by atoms with Gasteiger partial charge in [-0.05, 0) is 25.0 Å². The summed E-state index contributed by atoms with van der Waals surface area (Å²) in [6.45, 7) is 3.48. The van der Waals surface area contributed by atoms with E-state index in [1.165, 1.54) is 0 Å².